The molecule has 0 spiro atoms. The number of carbonyl (C=O) groups is 1. The van der Waals surface area contributed by atoms with E-state index in [1.54, 1.807) is 12.1 Å². The zero-order valence-electron chi connectivity index (χ0n) is 19.7. The molecule has 4 rings (SSSR count). The molecule has 0 aliphatic carbocycles. The van der Waals surface area contributed by atoms with Gasteiger partial charge in [-0.15, -0.1) is 0 Å². The fraction of sp³-hybridized carbons (Fsp3) is 0.538. The lowest BCUT2D eigenvalue weighted by Crippen LogP contribution is -2.50. The fourth-order valence-corrected chi connectivity index (χ4v) is 5.15. The van der Waals surface area contributed by atoms with E-state index in [1.165, 1.54) is 25.7 Å². The number of piperidine rings is 1. The second kappa shape index (κ2) is 10.00. The van der Waals surface area contributed by atoms with Crippen molar-refractivity contribution < 1.29 is 13.9 Å². The molecule has 4 N–H and O–H groups in total. The maximum atomic E-state index is 13.3. The van der Waals surface area contributed by atoms with Crippen LogP contribution >= 0.6 is 0 Å². The molecular weight excluding hydrogens is 416 g/mol. The van der Waals surface area contributed by atoms with Crippen LogP contribution in [0.25, 0.3) is 0 Å². The Balaban J connectivity index is 1.35. The van der Waals surface area contributed by atoms with Gasteiger partial charge in [-0.05, 0) is 63.8 Å². The number of unbranched alkanes of at least 4 members (excludes halogenated alkanes) is 2. The zero-order valence-corrected chi connectivity index (χ0v) is 19.7. The van der Waals surface area contributed by atoms with Crippen molar-refractivity contribution in [1.82, 2.24) is 5.32 Å². The molecule has 1 fully saturated rings. The first-order chi connectivity index (χ1) is 15.8. The molecule has 2 aliphatic rings. The van der Waals surface area contributed by atoms with E-state index in [1.807, 2.05) is 29.2 Å². The third-order valence-corrected chi connectivity index (χ3v) is 6.85. The lowest BCUT2D eigenvalue weighted by molar-refractivity contribution is -0.126. The monoisotopic (exact) mass is 452 g/mol. The van der Waals surface area contributed by atoms with E-state index < -0.39 is 6.10 Å². The van der Waals surface area contributed by atoms with E-state index in [9.17, 15) is 4.79 Å². The highest BCUT2D eigenvalue weighted by molar-refractivity contribution is 6.00. The summed E-state index contributed by atoms with van der Waals surface area (Å²) in [7, 11) is 0. The van der Waals surface area contributed by atoms with Gasteiger partial charge in [0.15, 0.2) is 17.7 Å². The van der Waals surface area contributed by atoms with Gasteiger partial charge < -0.3 is 25.1 Å². The Labute approximate surface area is 196 Å². The fourth-order valence-electron chi connectivity index (χ4n) is 5.15. The van der Waals surface area contributed by atoms with E-state index in [-0.39, 0.29) is 17.3 Å². The maximum absolute atomic E-state index is 13.3. The van der Waals surface area contributed by atoms with Crippen LogP contribution in [0.2, 0.25) is 0 Å². The summed E-state index contributed by atoms with van der Waals surface area (Å²) in [4.78, 5) is 15.2. The van der Waals surface area contributed by atoms with Gasteiger partial charge in [0.05, 0.1) is 12.1 Å². The van der Waals surface area contributed by atoms with Crippen LogP contribution in [0.15, 0.2) is 40.8 Å². The molecule has 0 bridgehead atoms. The molecule has 1 aromatic carbocycles. The van der Waals surface area contributed by atoms with Crippen LogP contribution in [0.1, 0.15) is 70.3 Å². The summed E-state index contributed by atoms with van der Waals surface area (Å²) in [5.74, 6) is 1.43. The molecular formula is C26H36N4O3. The third-order valence-electron chi connectivity index (χ3n) is 6.85. The Kier molecular flexibility index (Phi) is 7.08. The highest BCUT2D eigenvalue weighted by Crippen LogP contribution is 2.35. The number of amidine groups is 1. The van der Waals surface area contributed by atoms with Crippen LogP contribution in [-0.2, 0) is 11.2 Å². The smallest absolute Gasteiger partial charge is 0.268 e. The van der Waals surface area contributed by atoms with Gasteiger partial charge >= 0.3 is 0 Å². The van der Waals surface area contributed by atoms with Crippen LogP contribution in [0.4, 0.5) is 5.69 Å². The van der Waals surface area contributed by atoms with Crippen LogP contribution < -0.4 is 20.7 Å². The Morgan fingerprint density at radius 1 is 1.24 bits per heavy atom. The summed E-state index contributed by atoms with van der Waals surface area (Å²) < 4.78 is 11.6. The third kappa shape index (κ3) is 5.58. The summed E-state index contributed by atoms with van der Waals surface area (Å²) in [5.41, 5.74) is 6.57. The van der Waals surface area contributed by atoms with Crippen LogP contribution in [-0.4, -0.2) is 36.0 Å². The minimum atomic E-state index is -0.655. The van der Waals surface area contributed by atoms with Crippen LogP contribution in [0.3, 0.4) is 0 Å². The zero-order chi connectivity index (χ0) is 23.4. The Morgan fingerprint density at radius 3 is 2.82 bits per heavy atom. The number of hydrogen-bond donors (Lipinski definition) is 3. The molecule has 3 heterocycles. The highest BCUT2D eigenvalue weighted by Gasteiger charge is 2.35. The first kappa shape index (κ1) is 23.4. The first-order valence-electron chi connectivity index (χ1n) is 12.1. The van der Waals surface area contributed by atoms with Crippen molar-refractivity contribution in [1.29, 1.82) is 5.41 Å². The molecule has 1 unspecified atom stereocenters. The van der Waals surface area contributed by atoms with Crippen LogP contribution in [0, 0.1) is 5.41 Å². The second-order valence-corrected chi connectivity index (χ2v) is 9.76. The predicted molar refractivity (Wildman–Crippen MR) is 130 cm³/mol. The quantitative estimate of drug-likeness (QED) is 0.297. The number of nitrogens with one attached hydrogen (secondary N) is 2. The Hall–Kier alpha value is -2.80. The lowest BCUT2D eigenvalue weighted by atomic mass is 9.84. The normalized spacial score (nSPS) is 24.9. The molecule has 0 saturated carbocycles. The van der Waals surface area contributed by atoms with Gasteiger partial charge in [0.1, 0.15) is 11.5 Å². The van der Waals surface area contributed by atoms with Gasteiger partial charge in [0, 0.05) is 18.1 Å². The number of furan rings is 1. The maximum Gasteiger partial charge on any atom is 0.268 e. The van der Waals surface area contributed by atoms with Crippen molar-refractivity contribution in [2.24, 2.45) is 5.73 Å². The number of ether oxygens (including phenoxy) is 1. The molecule has 33 heavy (non-hydrogen) atoms. The number of para-hydroxylation sites is 2. The molecule has 0 radical (unpaired) electrons. The van der Waals surface area contributed by atoms with E-state index in [0.29, 0.717) is 36.3 Å². The number of rotatable bonds is 9. The first-order valence-corrected chi connectivity index (χ1v) is 12.1. The molecule has 1 aromatic heterocycles. The molecule has 7 heteroatoms. The van der Waals surface area contributed by atoms with E-state index >= 15 is 0 Å². The van der Waals surface area contributed by atoms with Crippen molar-refractivity contribution in [2.45, 2.75) is 82.9 Å². The van der Waals surface area contributed by atoms with Gasteiger partial charge in [-0.25, -0.2) is 0 Å². The Bertz CT molecular complexity index is 987. The van der Waals surface area contributed by atoms with Gasteiger partial charge in [0.2, 0.25) is 0 Å². The number of hydrogen-bond acceptors (Lipinski definition) is 5. The van der Waals surface area contributed by atoms with Crippen molar-refractivity contribution in [3.05, 3.63) is 47.9 Å². The summed E-state index contributed by atoms with van der Waals surface area (Å²) >= 11 is 0. The number of anilines is 1. The molecule has 2 aliphatic heterocycles. The van der Waals surface area contributed by atoms with Gasteiger partial charge in [-0.2, -0.15) is 0 Å². The molecule has 1 amide bonds. The molecule has 7 nitrogen and oxygen atoms in total. The topological polar surface area (TPSA) is 105 Å². The largest absolute Gasteiger partial charge is 0.478 e. The SMILES string of the molecule is C[C@H]1CCC[C@@](C)(CCCCCN2C(=O)C(Cc3ccc(C(=N)N)o3)Oc3ccccc32)N1. The molecule has 178 valence electrons. The number of carbonyl (C=O) groups excluding carboxylic acids is 1. The van der Waals surface area contributed by atoms with Gasteiger partial charge in [0.25, 0.3) is 5.91 Å². The Morgan fingerprint density at radius 2 is 2.06 bits per heavy atom. The van der Waals surface area contributed by atoms with Crippen LogP contribution in [0.5, 0.6) is 5.75 Å². The van der Waals surface area contributed by atoms with Crippen molar-refractivity contribution >= 4 is 17.4 Å². The highest BCUT2D eigenvalue weighted by atomic mass is 16.5. The molecule has 3 atom stereocenters. The van der Waals surface area contributed by atoms with Crippen molar-refractivity contribution in [3.63, 3.8) is 0 Å². The lowest BCUT2D eigenvalue weighted by Gasteiger charge is -2.39. The second-order valence-electron chi connectivity index (χ2n) is 9.76. The number of nitrogens with zero attached hydrogens (tertiary/aromatic N) is 1. The van der Waals surface area contributed by atoms with E-state index in [0.717, 1.165) is 24.9 Å². The van der Waals surface area contributed by atoms with Gasteiger partial charge in [-0.1, -0.05) is 31.4 Å². The molecule has 1 saturated heterocycles. The number of amides is 1. The summed E-state index contributed by atoms with van der Waals surface area (Å²) in [5, 5.41) is 11.3. The van der Waals surface area contributed by atoms with Crippen molar-refractivity contribution in [2.75, 3.05) is 11.4 Å². The average molecular weight is 453 g/mol. The summed E-state index contributed by atoms with van der Waals surface area (Å²) in [6, 6.07) is 11.7. The van der Waals surface area contributed by atoms with E-state index in [4.69, 9.17) is 20.3 Å². The van der Waals surface area contributed by atoms with Gasteiger partial charge in [-0.3, -0.25) is 10.2 Å². The predicted octanol–water partition coefficient (Wildman–Crippen LogP) is 4.38. The average Bonchev–Trinajstić information content (AvgIpc) is 3.24. The number of fused-ring (bicyclic) bond motifs is 1. The number of nitrogens with two attached hydrogens (primary N) is 1. The summed E-state index contributed by atoms with van der Waals surface area (Å²) in [6.45, 7) is 5.30. The van der Waals surface area contributed by atoms with Crippen molar-refractivity contribution in [3.8, 4) is 5.75 Å². The number of benzene rings is 1. The van der Waals surface area contributed by atoms with E-state index in [2.05, 4.69) is 19.2 Å². The number of nitrogen functional groups attached to an aromatic ring is 1. The standard InChI is InChI=1S/C26H36N4O3/c1-18-9-8-15-26(2,29-18)14-6-3-7-16-30-20-10-4-5-11-21(20)33-23(25(30)31)17-19-12-13-22(32-19)24(27)28/h4-5,10-13,18,23,29H,3,6-9,14-17H2,1-2H3,(H3,27,28)/t18-,23?,26+/m0/s1. The minimum Gasteiger partial charge on any atom is -0.478 e. The summed E-state index contributed by atoms with van der Waals surface area (Å²) in [6.07, 6.45) is 7.82. The molecule has 2 aromatic rings. The minimum absolute atomic E-state index is 0.0517.